The van der Waals surface area contributed by atoms with Crippen LogP contribution in [0.15, 0.2) is 4.99 Å². The molecule has 2 rings (SSSR count). The molecule has 7 nitrogen and oxygen atoms in total. The van der Waals surface area contributed by atoms with Crippen LogP contribution >= 0.6 is 24.0 Å². The van der Waals surface area contributed by atoms with Crippen LogP contribution in [0.25, 0.3) is 0 Å². The smallest absolute Gasteiger partial charge is 0.224 e. The number of rotatable bonds is 9. The maximum atomic E-state index is 12.3. The Morgan fingerprint density at radius 3 is 2.68 bits per heavy atom. The number of aliphatic imine (C=N–C) groups is 1. The van der Waals surface area contributed by atoms with Crippen LogP contribution in [0.1, 0.15) is 45.4 Å². The Bertz CT molecular complexity index is 459. The molecule has 164 valence electrons. The quantitative estimate of drug-likeness (QED) is 0.216. The molecule has 0 aromatic heterocycles. The summed E-state index contributed by atoms with van der Waals surface area (Å²) in [4.78, 5) is 18.5. The molecular weight excluding hydrogens is 471 g/mol. The summed E-state index contributed by atoms with van der Waals surface area (Å²) < 4.78 is 11.1. The van der Waals surface area contributed by atoms with Gasteiger partial charge in [-0.15, -0.1) is 24.0 Å². The summed E-state index contributed by atoms with van der Waals surface area (Å²) in [5.74, 6) is 2.27. The van der Waals surface area contributed by atoms with Gasteiger partial charge in [0.25, 0.3) is 0 Å². The summed E-state index contributed by atoms with van der Waals surface area (Å²) in [6.07, 6.45) is 6.04. The summed E-state index contributed by atoms with van der Waals surface area (Å²) in [5, 5.41) is 6.51. The lowest BCUT2D eigenvalue weighted by Crippen LogP contribution is -2.42. The highest BCUT2D eigenvalue weighted by Gasteiger charge is 2.20. The predicted molar refractivity (Wildman–Crippen MR) is 123 cm³/mol. The lowest BCUT2D eigenvalue weighted by Gasteiger charge is -2.31. The van der Waals surface area contributed by atoms with Crippen molar-refractivity contribution >= 4 is 35.8 Å². The minimum atomic E-state index is 0. The normalized spacial score (nSPS) is 21.1. The largest absolute Gasteiger partial charge is 0.381 e. The Hall–Kier alpha value is -0.610. The first kappa shape index (κ1) is 25.4. The molecular formula is C20H39IN4O3. The maximum Gasteiger partial charge on any atom is 0.224 e. The highest BCUT2D eigenvalue weighted by molar-refractivity contribution is 14.0. The van der Waals surface area contributed by atoms with E-state index < -0.39 is 0 Å². The van der Waals surface area contributed by atoms with Crippen LogP contribution in [0, 0.1) is 11.8 Å². The van der Waals surface area contributed by atoms with Crippen LogP contribution < -0.4 is 10.6 Å². The predicted octanol–water partition coefficient (Wildman–Crippen LogP) is 2.25. The highest BCUT2D eigenvalue weighted by Crippen LogP contribution is 2.16. The summed E-state index contributed by atoms with van der Waals surface area (Å²) in [7, 11) is 1.76. The molecule has 28 heavy (non-hydrogen) atoms. The second-order valence-electron chi connectivity index (χ2n) is 7.75. The van der Waals surface area contributed by atoms with Gasteiger partial charge in [-0.2, -0.15) is 0 Å². The van der Waals surface area contributed by atoms with Gasteiger partial charge in [0.15, 0.2) is 5.96 Å². The van der Waals surface area contributed by atoms with Gasteiger partial charge in [0.2, 0.25) is 5.91 Å². The SMILES string of the molecule is CN=C(NCCCOCC1CCOCC1)NCCC(=O)N1CCCC(C)C1.I. The van der Waals surface area contributed by atoms with E-state index in [1.807, 2.05) is 4.90 Å². The van der Waals surface area contributed by atoms with Crippen molar-refractivity contribution < 1.29 is 14.3 Å². The van der Waals surface area contributed by atoms with Crippen molar-refractivity contribution in [1.82, 2.24) is 15.5 Å². The van der Waals surface area contributed by atoms with E-state index in [0.717, 1.165) is 77.7 Å². The second kappa shape index (κ2) is 15.3. The van der Waals surface area contributed by atoms with Gasteiger partial charge in [-0.25, -0.2) is 0 Å². The molecule has 0 aromatic rings. The molecule has 1 atom stereocenters. The standard InChI is InChI=1S/C20H38N4O3.HI/c1-17-5-3-11-24(15-17)19(25)6-10-23-20(21-2)22-9-4-12-27-16-18-7-13-26-14-8-18;/h17-18H,3-16H2,1-2H3,(H2,21,22,23);1H. The van der Waals surface area contributed by atoms with Crippen molar-refractivity contribution in [1.29, 1.82) is 0 Å². The van der Waals surface area contributed by atoms with E-state index in [9.17, 15) is 4.79 Å². The number of nitrogens with one attached hydrogen (secondary N) is 2. The number of carbonyl (C=O) groups is 1. The van der Waals surface area contributed by atoms with E-state index in [4.69, 9.17) is 9.47 Å². The third kappa shape index (κ3) is 10.2. The Morgan fingerprint density at radius 2 is 1.96 bits per heavy atom. The first-order valence-electron chi connectivity index (χ1n) is 10.6. The topological polar surface area (TPSA) is 75.2 Å². The molecule has 0 bridgehead atoms. The number of hydrogen-bond donors (Lipinski definition) is 2. The zero-order valence-corrected chi connectivity index (χ0v) is 19.9. The average molecular weight is 510 g/mol. The second-order valence-corrected chi connectivity index (χ2v) is 7.75. The number of likely N-dealkylation sites (tertiary alicyclic amines) is 1. The van der Waals surface area contributed by atoms with Crippen molar-refractivity contribution in [3.8, 4) is 0 Å². The summed E-state index contributed by atoms with van der Waals surface area (Å²) in [6, 6.07) is 0. The van der Waals surface area contributed by atoms with Crippen molar-refractivity contribution in [2.24, 2.45) is 16.8 Å². The van der Waals surface area contributed by atoms with Crippen LogP contribution in [0.3, 0.4) is 0 Å². The van der Waals surface area contributed by atoms with Crippen molar-refractivity contribution in [3.05, 3.63) is 0 Å². The average Bonchev–Trinajstić information content (AvgIpc) is 2.69. The summed E-state index contributed by atoms with van der Waals surface area (Å²) in [5.41, 5.74) is 0. The fourth-order valence-corrected chi connectivity index (χ4v) is 3.63. The number of piperidine rings is 1. The molecule has 2 heterocycles. The highest BCUT2D eigenvalue weighted by atomic mass is 127. The van der Waals surface area contributed by atoms with Gasteiger partial charge in [-0.05, 0) is 43.9 Å². The van der Waals surface area contributed by atoms with Crippen LogP contribution in [0.4, 0.5) is 0 Å². The fraction of sp³-hybridized carbons (Fsp3) is 0.900. The molecule has 2 aliphatic rings. The molecule has 0 aliphatic carbocycles. The molecule has 0 aromatic carbocycles. The van der Waals surface area contributed by atoms with Crippen LogP contribution in [-0.4, -0.2) is 76.4 Å². The molecule has 2 aliphatic heterocycles. The number of nitrogens with zero attached hydrogens (tertiary/aromatic N) is 2. The Kier molecular flexibility index (Phi) is 13.9. The molecule has 0 saturated carbocycles. The van der Waals surface area contributed by atoms with Crippen LogP contribution in [0.2, 0.25) is 0 Å². The zero-order chi connectivity index (χ0) is 19.3. The number of ether oxygens (including phenoxy) is 2. The fourth-order valence-electron chi connectivity index (χ4n) is 3.63. The van der Waals surface area contributed by atoms with E-state index in [1.54, 1.807) is 7.05 Å². The van der Waals surface area contributed by atoms with Gasteiger partial charge in [0, 0.05) is 66.1 Å². The lowest BCUT2D eigenvalue weighted by molar-refractivity contribution is -0.132. The lowest BCUT2D eigenvalue weighted by atomic mass is 10.00. The first-order chi connectivity index (χ1) is 13.2. The molecule has 1 unspecified atom stereocenters. The molecule has 2 fully saturated rings. The molecule has 8 heteroatoms. The van der Waals surface area contributed by atoms with Crippen molar-refractivity contribution in [2.45, 2.75) is 45.4 Å². The maximum absolute atomic E-state index is 12.3. The van der Waals surface area contributed by atoms with E-state index in [-0.39, 0.29) is 29.9 Å². The minimum Gasteiger partial charge on any atom is -0.381 e. The number of hydrogen-bond acceptors (Lipinski definition) is 4. The number of halogens is 1. The van der Waals surface area contributed by atoms with Gasteiger partial charge >= 0.3 is 0 Å². The van der Waals surface area contributed by atoms with Gasteiger partial charge in [-0.1, -0.05) is 6.92 Å². The van der Waals surface area contributed by atoms with E-state index in [1.165, 1.54) is 6.42 Å². The molecule has 2 N–H and O–H groups in total. The van der Waals surface area contributed by atoms with Gasteiger partial charge in [-0.3, -0.25) is 9.79 Å². The molecule has 2 saturated heterocycles. The number of guanidine groups is 1. The first-order valence-corrected chi connectivity index (χ1v) is 10.6. The van der Waals surface area contributed by atoms with Gasteiger partial charge < -0.3 is 25.0 Å². The minimum absolute atomic E-state index is 0. The number of amides is 1. The van der Waals surface area contributed by atoms with E-state index in [0.29, 0.717) is 24.8 Å². The molecule has 1 amide bonds. The third-order valence-corrected chi connectivity index (χ3v) is 5.32. The van der Waals surface area contributed by atoms with E-state index >= 15 is 0 Å². The van der Waals surface area contributed by atoms with E-state index in [2.05, 4.69) is 22.5 Å². The summed E-state index contributed by atoms with van der Waals surface area (Å²) in [6.45, 7) is 8.80. The van der Waals surface area contributed by atoms with Crippen molar-refractivity contribution in [3.63, 3.8) is 0 Å². The zero-order valence-electron chi connectivity index (χ0n) is 17.6. The Labute approximate surface area is 187 Å². The monoisotopic (exact) mass is 510 g/mol. The van der Waals surface area contributed by atoms with Crippen LogP contribution in [-0.2, 0) is 14.3 Å². The molecule has 0 radical (unpaired) electrons. The van der Waals surface area contributed by atoms with Crippen molar-refractivity contribution in [2.75, 3.05) is 59.7 Å². The Balaban J connectivity index is 0.00000392. The number of carbonyl (C=O) groups excluding carboxylic acids is 1. The molecule has 0 spiro atoms. The third-order valence-electron chi connectivity index (χ3n) is 5.32. The van der Waals surface area contributed by atoms with Gasteiger partial charge in [0.05, 0.1) is 0 Å². The van der Waals surface area contributed by atoms with Gasteiger partial charge in [0.1, 0.15) is 0 Å². The Morgan fingerprint density at radius 1 is 1.21 bits per heavy atom. The summed E-state index contributed by atoms with van der Waals surface area (Å²) >= 11 is 0. The van der Waals surface area contributed by atoms with Crippen LogP contribution in [0.5, 0.6) is 0 Å².